The van der Waals surface area contributed by atoms with Crippen LogP contribution in [-0.2, 0) is 6.54 Å². The van der Waals surface area contributed by atoms with E-state index < -0.39 is 5.69 Å². The van der Waals surface area contributed by atoms with Crippen LogP contribution in [0.1, 0.15) is 19.8 Å². The molecule has 0 aromatic carbocycles. The number of aromatic nitrogens is 2. The molecule has 1 atom stereocenters. The lowest BCUT2D eigenvalue weighted by Crippen LogP contribution is -2.42. The van der Waals surface area contributed by atoms with Crippen LogP contribution in [0, 0.1) is 0 Å². The zero-order valence-corrected chi connectivity index (χ0v) is 10.5. The average Bonchev–Trinajstić information content (AvgIpc) is 2.70. The Labute approximate surface area is 104 Å². The van der Waals surface area contributed by atoms with E-state index in [0.717, 1.165) is 25.9 Å². The van der Waals surface area contributed by atoms with Crippen molar-refractivity contribution in [2.75, 3.05) is 13.1 Å². The van der Waals surface area contributed by atoms with Gasteiger partial charge in [-0.15, -0.1) is 0 Å². The van der Waals surface area contributed by atoms with Gasteiger partial charge < -0.3 is 0 Å². The van der Waals surface area contributed by atoms with Crippen molar-refractivity contribution in [2.24, 2.45) is 0 Å². The predicted octanol–water partition coefficient (Wildman–Crippen LogP) is 0.674. The number of nitrogens with zero attached hydrogens (tertiary/aromatic N) is 2. The van der Waals surface area contributed by atoms with E-state index in [4.69, 9.17) is 11.6 Å². The highest BCUT2D eigenvalue weighted by atomic mass is 35.5. The van der Waals surface area contributed by atoms with E-state index in [1.807, 2.05) is 0 Å². The number of hydrogen-bond donors (Lipinski definition) is 1. The Bertz CT molecular complexity index is 477. The van der Waals surface area contributed by atoms with Crippen LogP contribution in [-0.4, -0.2) is 33.6 Å². The molecule has 1 aliphatic rings. The molecule has 0 aliphatic carbocycles. The summed E-state index contributed by atoms with van der Waals surface area (Å²) in [6, 6.07) is 1.52. The minimum Gasteiger partial charge on any atom is -0.299 e. The van der Waals surface area contributed by atoms with Gasteiger partial charge >= 0.3 is 5.69 Å². The van der Waals surface area contributed by atoms with Crippen LogP contribution in [0.25, 0.3) is 0 Å². The molecular formula is C11H16ClN3O2. The van der Waals surface area contributed by atoms with Gasteiger partial charge in [0.05, 0.1) is 0 Å². The maximum Gasteiger partial charge on any atom is 0.329 e. The molecule has 5 nitrogen and oxygen atoms in total. The van der Waals surface area contributed by atoms with E-state index in [0.29, 0.717) is 6.54 Å². The van der Waals surface area contributed by atoms with E-state index in [1.54, 1.807) is 0 Å². The van der Waals surface area contributed by atoms with Gasteiger partial charge in [-0.25, -0.2) is 4.79 Å². The molecule has 1 aromatic rings. The van der Waals surface area contributed by atoms with Crippen molar-refractivity contribution in [3.05, 3.63) is 32.1 Å². The number of nitrogens with one attached hydrogen (secondary N) is 1. The van der Waals surface area contributed by atoms with Crippen LogP contribution in [0.3, 0.4) is 0 Å². The zero-order valence-electron chi connectivity index (χ0n) is 9.78. The largest absolute Gasteiger partial charge is 0.329 e. The van der Waals surface area contributed by atoms with Crippen LogP contribution in [0.15, 0.2) is 15.7 Å². The lowest BCUT2D eigenvalue weighted by Gasteiger charge is -2.22. The molecule has 1 unspecified atom stereocenters. The second-order valence-corrected chi connectivity index (χ2v) is 4.70. The average molecular weight is 258 g/mol. The van der Waals surface area contributed by atoms with Crippen LogP contribution in [0.4, 0.5) is 0 Å². The van der Waals surface area contributed by atoms with Gasteiger partial charge in [-0.05, 0) is 25.9 Å². The second-order valence-electron chi connectivity index (χ2n) is 4.30. The molecule has 1 fully saturated rings. The fourth-order valence-electron chi connectivity index (χ4n) is 2.39. The molecular weight excluding hydrogens is 242 g/mol. The summed E-state index contributed by atoms with van der Waals surface area (Å²) in [7, 11) is 0. The Morgan fingerprint density at radius 3 is 2.94 bits per heavy atom. The quantitative estimate of drug-likeness (QED) is 0.810. The Hall–Kier alpha value is -1.07. The summed E-state index contributed by atoms with van der Waals surface area (Å²) in [5.41, 5.74) is -0.757. The van der Waals surface area contributed by atoms with Crippen LogP contribution in [0.5, 0.6) is 0 Å². The van der Waals surface area contributed by atoms with Crippen molar-refractivity contribution in [1.29, 1.82) is 0 Å². The minimum atomic E-state index is -0.426. The van der Waals surface area contributed by atoms with Gasteiger partial charge in [0.1, 0.15) is 5.15 Å². The highest BCUT2D eigenvalue weighted by molar-refractivity contribution is 6.29. The summed E-state index contributed by atoms with van der Waals surface area (Å²) in [6.45, 7) is 4.53. The van der Waals surface area contributed by atoms with Crippen molar-refractivity contribution in [1.82, 2.24) is 14.5 Å². The van der Waals surface area contributed by atoms with Crippen LogP contribution in [0.2, 0.25) is 5.15 Å². The molecule has 0 amide bonds. The van der Waals surface area contributed by atoms with E-state index in [2.05, 4.69) is 16.8 Å². The molecule has 94 valence electrons. The number of halogens is 1. The molecule has 2 rings (SSSR count). The summed E-state index contributed by atoms with van der Waals surface area (Å²) in [4.78, 5) is 28.1. The topological polar surface area (TPSA) is 58.1 Å². The smallest absolute Gasteiger partial charge is 0.299 e. The molecule has 0 radical (unpaired) electrons. The standard InChI is InChI=1S/C11H16ClN3O2/c1-2-14-5-3-4-8(14)7-15-10(16)6-9(12)13-11(15)17/h6,8H,2-5,7H2,1H3,(H,13,17). The number of H-pyrrole nitrogens is 1. The first-order valence-corrected chi connectivity index (χ1v) is 6.23. The third-order valence-corrected chi connectivity index (χ3v) is 3.49. The van der Waals surface area contributed by atoms with Gasteiger partial charge in [0, 0.05) is 18.7 Å². The third-order valence-electron chi connectivity index (χ3n) is 3.29. The first kappa shape index (κ1) is 12.4. The van der Waals surface area contributed by atoms with E-state index in [9.17, 15) is 9.59 Å². The van der Waals surface area contributed by atoms with Crippen molar-refractivity contribution in [3.63, 3.8) is 0 Å². The van der Waals surface area contributed by atoms with Gasteiger partial charge in [-0.1, -0.05) is 18.5 Å². The third kappa shape index (κ3) is 2.61. The number of aromatic amines is 1. The van der Waals surface area contributed by atoms with Crippen molar-refractivity contribution in [3.8, 4) is 0 Å². The van der Waals surface area contributed by atoms with Gasteiger partial charge in [-0.2, -0.15) is 0 Å². The highest BCUT2D eigenvalue weighted by Crippen LogP contribution is 2.17. The predicted molar refractivity (Wildman–Crippen MR) is 66.6 cm³/mol. The molecule has 1 aliphatic heterocycles. The summed E-state index contributed by atoms with van der Waals surface area (Å²) >= 11 is 5.62. The first-order valence-electron chi connectivity index (χ1n) is 5.85. The molecule has 6 heteroatoms. The monoisotopic (exact) mass is 257 g/mol. The summed E-state index contributed by atoms with van der Waals surface area (Å²) in [5.74, 6) is 0. The fraction of sp³-hybridized carbons (Fsp3) is 0.636. The molecule has 1 saturated heterocycles. The lowest BCUT2D eigenvalue weighted by atomic mass is 10.2. The Kier molecular flexibility index (Phi) is 3.69. The lowest BCUT2D eigenvalue weighted by molar-refractivity contribution is 0.240. The Morgan fingerprint density at radius 2 is 2.29 bits per heavy atom. The summed E-state index contributed by atoms with van der Waals surface area (Å²) < 4.78 is 1.23. The van der Waals surface area contributed by atoms with E-state index in [-0.39, 0.29) is 16.8 Å². The maximum absolute atomic E-state index is 11.7. The molecule has 0 saturated carbocycles. The first-order chi connectivity index (χ1) is 8.11. The molecule has 0 bridgehead atoms. The second kappa shape index (κ2) is 5.06. The highest BCUT2D eigenvalue weighted by Gasteiger charge is 2.24. The fourth-order valence-corrected chi connectivity index (χ4v) is 2.57. The number of rotatable bonds is 3. The van der Waals surface area contributed by atoms with Crippen molar-refractivity contribution in [2.45, 2.75) is 32.4 Å². The number of likely N-dealkylation sites (N-methyl/N-ethyl adjacent to an activating group) is 1. The van der Waals surface area contributed by atoms with Crippen molar-refractivity contribution >= 4 is 11.6 Å². The minimum absolute atomic E-state index is 0.0926. The Balaban J connectivity index is 2.25. The van der Waals surface area contributed by atoms with E-state index >= 15 is 0 Å². The zero-order chi connectivity index (χ0) is 12.4. The van der Waals surface area contributed by atoms with Crippen LogP contribution < -0.4 is 11.2 Å². The number of likely N-dealkylation sites (tertiary alicyclic amines) is 1. The Morgan fingerprint density at radius 1 is 1.53 bits per heavy atom. The van der Waals surface area contributed by atoms with E-state index in [1.165, 1.54) is 10.6 Å². The van der Waals surface area contributed by atoms with Gasteiger partial charge in [0.25, 0.3) is 5.56 Å². The SMILES string of the molecule is CCN1CCCC1Cn1c(=O)cc(Cl)[nH]c1=O. The maximum atomic E-state index is 11.7. The molecule has 1 N–H and O–H groups in total. The number of hydrogen-bond acceptors (Lipinski definition) is 3. The molecule has 2 heterocycles. The molecule has 0 spiro atoms. The van der Waals surface area contributed by atoms with Gasteiger partial charge in [0.15, 0.2) is 0 Å². The molecule has 17 heavy (non-hydrogen) atoms. The summed E-state index contributed by atoms with van der Waals surface area (Å²) in [6.07, 6.45) is 2.15. The van der Waals surface area contributed by atoms with Gasteiger partial charge in [0.2, 0.25) is 0 Å². The summed E-state index contributed by atoms with van der Waals surface area (Å²) in [5, 5.41) is 0.0926. The molecule has 1 aromatic heterocycles. The van der Waals surface area contributed by atoms with Gasteiger partial charge in [-0.3, -0.25) is 19.2 Å². The van der Waals surface area contributed by atoms with Crippen molar-refractivity contribution < 1.29 is 0 Å². The van der Waals surface area contributed by atoms with Crippen LogP contribution >= 0.6 is 11.6 Å². The normalized spacial score (nSPS) is 20.9.